The van der Waals surface area contributed by atoms with Crippen molar-refractivity contribution in [2.45, 2.75) is 6.42 Å². The van der Waals surface area contributed by atoms with Crippen LogP contribution >= 0.6 is 0 Å². The summed E-state index contributed by atoms with van der Waals surface area (Å²) in [7, 11) is 0. The summed E-state index contributed by atoms with van der Waals surface area (Å²) in [6.45, 7) is 0.730. The van der Waals surface area contributed by atoms with E-state index < -0.39 is 0 Å². The van der Waals surface area contributed by atoms with Gasteiger partial charge in [0.25, 0.3) is 0 Å². The van der Waals surface area contributed by atoms with Crippen molar-refractivity contribution in [1.29, 1.82) is 0 Å². The Morgan fingerprint density at radius 1 is 0.929 bits per heavy atom. The van der Waals surface area contributed by atoms with Crippen LogP contribution in [-0.2, 0) is 4.84 Å². The largest absolute Gasteiger partial charge is 0.493 e. The fourth-order valence-corrected chi connectivity index (χ4v) is 2.28. The number of rotatable bonds is 9. The number of ether oxygens (including phenoxy) is 2. The first-order valence-electron chi connectivity index (χ1n) is 8.74. The third-order valence-corrected chi connectivity index (χ3v) is 3.63. The van der Waals surface area contributed by atoms with Crippen molar-refractivity contribution in [2.24, 2.45) is 10.9 Å². The molecule has 7 heteroatoms. The Labute approximate surface area is 162 Å². The molecule has 0 atom stereocenters. The molecule has 0 radical (unpaired) electrons. The highest BCUT2D eigenvalue weighted by molar-refractivity contribution is 5.99. The summed E-state index contributed by atoms with van der Waals surface area (Å²) in [4.78, 5) is 9.46. The van der Waals surface area contributed by atoms with Crippen LogP contribution in [0.15, 0.2) is 78.1 Å². The lowest BCUT2D eigenvalue weighted by atomic mass is 10.2. The molecule has 0 unspecified atom stereocenters. The van der Waals surface area contributed by atoms with E-state index in [1.165, 1.54) is 12.1 Å². The number of benzene rings is 2. The standard InChI is InChI=1S/C21H20FN3O3/c22-16-9-11-17(12-10-16)26-14-5-15-27-25-20(23)19-8-4-13-24-21(19)28-18-6-2-1-3-7-18/h1-4,6-13H,5,14-15H2,(H2,23,25). The molecule has 2 N–H and O–H groups in total. The van der Waals surface area contributed by atoms with E-state index >= 15 is 0 Å². The maximum absolute atomic E-state index is 12.8. The molecular formula is C21H20FN3O3. The van der Waals surface area contributed by atoms with Crippen molar-refractivity contribution in [3.63, 3.8) is 0 Å². The molecular weight excluding hydrogens is 361 g/mol. The van der Waals surface area contributed by atoms with Gasteiger partial charge in [0.1, 0.15) is 23.9 Å². The van der Waals surface area contributed by atoms with Gasteiger partial charge in [-0.2, -0.15) is 0 Å². The minimum atomic E-state index is -0.300. The van der Waals surface area contributed by atoms with Gasteiger partial charge in [-0.25, -0.2) is 9.37 Å². The molecule has 0 amide bonds. The van der Waals surface area contributed by atoms with Gasteiger partial charge in [0, 0.05) is 12.6 Å². The molecule has 0 saturated heterocycles. The zero-order valence-electron chi connectivity index (χ0n) is 15.1. The number of para-hydroxylation sites is 1. The first kappa shape index (κ1) is 19.2. The second-order valence-corrected chi connectivity index (χ2v) is 5.74. The van der Waals surface area contributed by atoms with Gasteiger partial charge in [-0.1, -0.05) is 23.4 Å². The monoisotopic (exact) mass is 381 g/mol. The normalized spacial score (nSPS) is 11.1. The van der Waals surface area contributed by atoms with Gasteiger partial charge in [-0.05, 0) is 48.5 Å². The van der Waals surface area contributed by atoms with Gasteiger partial charge in [-0.3, -0.25) is 0 Å². The van der Waals surface area contributed by atoms with E-state index in [9.17, 15) is 4.39 Å². The van der Waals surface area contributed by atoms with Crippen LogP contribution in [0.1, 0.15) is 12.0 Å². The first-order valence-corrected chi connectivity index (χ1v) is 8.74. The number of nitrogens with zero attached hydrogens (tertiary/aromatic N) is 2. The second kappa shape index (κ2) is 9.91. The quantitative estimate of drug-likeness (QED) is 0.261. The van der Waals surface area contributed by atoms with Crippen molar-refractivity contribution in [1.82, 2.24) is 4.98 Å². The molecule has 0 bridgehead atoms. The highest BCUT2D eigenvalue weighted by Gasteiger charge is 2.10. The minimum absolute atomic E-state index is 0.165. The Morgan fingerprint density at radius 3 is 2.50 bits per heavy atom. The number of nitrogens with two attached hydrogens (primary N) is 1. The highest BCUT2D eigenvalue weighted by atomic mass is 19.1. The van der Waals surface area contributed by atoms with Crippen molar-refractivity contribution >= 4 is 5.84 Å². The van der Waals surface area contributed by atoms with E-state index in [1.54, 1.807) is 30.5 Å². The van der Waals surface area contributed by atoms with Gasteiger partial charge < -0.3 is 20.0 Å². The second-order valence-electron chi connectivity index (χ2n) is 5.74. The Morgan fingerprint density at radius 2 is 1.71 bits per heavy atom. The first-order chi connectivity index (χ1) is 13.7. The van der Waals surface area contributed by atoms with Crippen molar-refractivity contribution < 1.29 is 18.7 Å². The van der Waals surface area contributed by atoms with Gasteiger partial charge in [-0.15, -0.1) is 0 Å². The van der Waals surface area contributed by atoms with E-state index in [0.29, 0.717) is 42.6 Å². The van der Waals surface area contributed by atoms with Crippen LogP contribution < -0.4 is 15.2 Å². The van der Waals surface area contributed by atoms with Crippen LogP contribution in [-0.4, -0.2) is 24.0 Å². The summed E-state index contributed by atoms with van der Waals surface area (Å²) in [5.41, 5.74) is 6.54. The van der Waals surface area contributed by atoms with Crippen molar-refractivity contribution in [2.75, 3.05) is 13.2 Å². The lowest BCUT2D eigenvalue weighted by molar-refractivity contribution is 0.127. The minimum Gasteiger partial charge on any atom is -0.493 e. The Hall–Kier alpha value is -3.61. The molecule has 3 rings (SSSR count). The summed E-state index contributed by atoms with van der Waals surface area (Å²) >= 11 is 0. The van der Waals surface area contributed by atoms with E-state index in [-0.39, 0.29) is 11.7 Å². The molecule has 0 aliphatic heterocycles. The molecule has 28 heavy (non-hydrogen) atoms. The number of hydrogen-bond donors (Lipinski definition) is 1. The molecule has 1 heterocycles. The molecule has 2 aromatic carbocycles. The van der Waals surface area contributed by atoms with E-state index in [1.807, 2.05) is 30.3 Å². The van der Waals surface area contributed by atoms with Crippen LogP contribution in [0.5, 0.6) is 17.4 Å². The Kier molecular flexibility index (Phi) is 6.78. The van der Waals surface area contributed by atoms with Crippen LogP contribution in [0.2, 0.25) is 0 Å². The summed E-state index contributed by atoms with van der Waals surface area (Å²) in [5.74, 6) is 1.46. The fourth-order valence-electron chi connectivity index (χ4n) is 2.28. The molecule has 1 aromatic heterocycles. The third kappa shape index (κ3) is 5.70. The van der Waals surface area contributed by atoms with Gasteiger partial charge in [0.15, 0.2) is 5.84 Å². The van der Waals surface area contributed by atoms with Gasteiger partial charge in [0.2, 0.25) is 5.88 Å². The zero-order chi connectivity index (χ0) is 19.6. The number of oxime groups is 1. The lowest BCUT2D eigenvalue weighted by Crippen LogP contribution is -2.16. The molecule has 0 aliphatic rings. The fraction of sp³-hybridized carbons (Fsp3) is 0.143. The topological polar surface area (TPSA) is 79.0 Å². The highest BCUT2D eigenvalue weighted by Crippen LogP contribution is 2.22. The van der Waals surface area contributed by atoms with Crippen LogP contribution in [0.4, 0.5) is 4.39 Å². The lowest BCUT2D eigenvalue weighted by Gasteiger charge is -2.09. The molecule has 3 aromatic rings. The maximum Gasteiger partial charge on any atom is 0.230 e. The van der Waals surface area contributed by atoms with Crippen molar-refractivity contribution in [3.05, 3.63) is 84.3 Å². The Balaban J connectivity index is 1.49. The van der Waals surface area contributed by atoms with Crippen molar-refractivity contribution in [3.8, 4) is 17.4 Å². The molecule has 144 valence electrons. The molecule has 0 saturated carbocycles. The molecule has 0 fully saturated rings. The maximum atomic E-state index is 12.8. The predicted molar refractivity (Wildman–Crippen MR) is 104 cm³/mol. The smallest absolute Gasteiger partial charge is 0.230 e. The average Bonchev–Trinajstić information content (AvgIpc) is 2.73. The number of pyridine rings is 1. The molecule has 6 nitrogen and oxygen atoms in total. The van der Waals surface area contributed by atoms with Crippen LogP contribution in [0, 0.1) is 5.82 Å². The summed E-state index contributed by atoms with van der Waals surface area (Å²) < 4.78 is 24.1. The zero-order valence-corrected chi connectivity index (χ0v) is 15.1. The summed E-state index contributed by atoms with van der Waals surface area (Å²) in [5, 5.41) is 3.92. The van der Waals surface area contributed by atoms with E-state index in [0.717, 1.165) is 0 Å². The average molecular weight is 381 g/mol. The number of halogens is 1. The van der Waals surface area contributed by atoms with Gasteiger partial charge in [0.05, 0.1) is 12.2 Å². The Bertz CT molecular complexity index is 902. The number of aromatic nitrogens is 1. The summed E-state index contributed by atoms with van der Waals surface area (Å²) in [6.07, 6.45) is 2.21. The van der Waals surface area contributed by atoms with Crippen LogP contribution in [0.3, 0.4) is 0 Å². The third-order valence-electron chi connectivity index (χ3n) is 3.63. The van der Waals surface area contributed by atoms with E-state index in [4.69, 9.17) is 20.0 Å². The van der Waals surface area contributed by atoms with Gasteiger partial charge >= 0.3 is 0 Å². The van der Waals surface area contributed by atoms with E-state index in [2.05, 4.69) is 10.1 Å². The number of hydrogen-bond acceptors (Lipinski definition) is 5. The number of amidine groups is 1. The predicted octanol–water partition coefficient (Wildman–Crippen LogP) is 4.12. The van der Waals surface area contributed by atoms with Crippen LogP contribution in [0.25, 0.3) is 0 Å². The summed E-state index contributed by atoms with van der Waals surface area (Å²) in [6, 6.07) is 18.6. The molecule has 0 spiro atoms. The SMILES string of the molecule is NC(=NOCCCOc1ccc(F)cc1)c1cccnc1Oc1ccccc1. The molecule has 0 aliphatic carbocycles.